The van der Waals surface area contributed by atoms with Crippen molar-refractivity contribution in [1.82, 2.24) is 19.6 Å². The van der Waals surface area contributed by atoms with Crippen LogP contribution in [0.15, 0.2) is 28.7 Å². The molecule has 0 spiro atoms. The van der Waals surface area contributed by atoms with Gasteiger partial charge in [-0.15, -0.1) is 0 Å². The molecular formula is C35H55BrN4O7. The van der Waals surface area contributed by atoms with E-state index in [0.717, 1.165) is 37.2 Å². The molecule has 1 N–H and O–H groups in total. The number of rotatable bonds is 4. The average molecular weight is 724 g/mol. The van der Waals surface area contributed by atoms with Gasteiger partial charge in [0, 0.05) is 68.8 Å². The Morgan fingerprint density at radius 2 is 1.13 bits per heavy atom. The molecule has 4 rings (SSSR count). The second-order valence-corrected chi connectivity index (χ2v) is 16.4. The van der Waals surface area contributed by atoms with Gasteiger partial charge in [-0.2, -0.15) is 0 Å². The van der Waals surface area contributed by atoms with Crippen LogP contribution in [0.2, 0.25) is 0 Å². The van der Waals surface area contributed by atoms with Crippen LogP contribution in [-0.2, 0) is 25.6 Å². The third-order valence-corrected chi connectivity index (χ3v) is 9.85. The molecule has 0 unspecified atom stereocenters. The maximum absolute atomic E-state index is 13.3. The highest BCUT2D eigenvalue weighted by atomic mass is 79.9. The number of likely N-dealkylation sites (tertiary alicyclic amines) is 2. The molecule has 3 saturated heterocycles. The summed E-state index contributed by atoms with van der Waals surface area (Å²) in [4.78, 5) is 56.1. The van der Waals surface area contributed by atoms with Gasteiger partial charge in [0.05, 0.1) is 5.41 Å². The van der Waals surface area contributed by atoms with Gasteiger partial charge in [-0.3, -0.25) is 14.5 Å². The topological polar surface area (TPSA) is 120 Å². The van der Waals surface area contributed by atoms with Gasteiger partial charge in [0.15, 0.2) is 0 Å². The first-order valence-electron chi connectivity index (χ1n) is 16.7. The molecule has 3 aliphatic heterocycles. The minimum Gasteiger partial charge on any atom is -0.481 e. The zero-order valence-electron chi connectivity index (χ0n) is 29.6. The van der Waals surface area contributed by atoms with Crippen LogP contribution in [0.4, 0.5) is 9.59 Å². The fourth-order valence-corrected chi connectivity index (χ4v) is 6.21. The zero-order chi connectivity index (χ0) is 35.2. The van der Waals surface area contributed by atoms with Gasteiger partial charge in [0.1, 0.15) is 11.2 Å². The van der Waals surface area contributed by atoms with Crippen molar-refractivity contribution in [3.63, 3.8) is 0 Å². The molecule has 0 bridgehead atoms. The van der Waals surface area contributed by atoms with Crippen molar-refractivity contribution in [2.24, 2.45) is 10.8 Å². The summed E-state index contributed by atoms with van der Waals surface area (Å²) in [7, 11) is 0. The summed E-state index contributed by atoms with van der Waals surface area (Å²) in [6, 6.07) is 8.30. The summed E-state index contributed by atoms with van der Waals surface area (Å²) < 4.78 is 11.9. The summed E-state index contributed by atoms with van der Waals surface area (Å²) in [5.41, 5.74) is -0.839. The zero-order valence-corrected chi connectivity index (χ0v) is 31.2. The SMILES string of the molecule is CC(C)(C)OC(=O)N1CCC(C)(C(=O)N2CCN(Cc3ccccc3Br)CC2)CC1.CC(C)(C)OC(=O)N1CCC(C)(C(=O)O)CC1. The fraction of sp³-hybridized carbons (Fsp3) is 0.714. The Hall–Kier alpha value is -2.86. The number of aliphatic carboxylic acids is 1. The van der Waals surface area contributed by atoms with E-state index < -0.39 is 28.0 Å². The molecule has 0 atom stereocenters. The molecule has 1 aromatic carbocycles. The van der Waals surface area contributed by atoms with Crippen LogP contribution < -0.4 is 0 Å². The van der Waals surface area contributed by atoms with E-state index in [-0.39, 0.29) is 18.1 Å². The quantitative estimate of drug-likeness (QED) is 0.388. The minimum atomic E-state index is -0.790. The van der Waals surface area contributed by atoms with E-state index in [2.05, 4.69) is 46.0 Å². The molecule has 47 heavy (non-hydrogen) atoms. The first-order valence-corrected chi connectivity index (χ1v) is 17.5. The smallest absolute Gasteiger partial charge is 0.410 e. The molecule has 11 nitrogen and oxygen atoms in total. The highest BCUT2D eigenvalue weighted by Gasteiger charge is 2.42. The predicted molar refractivity (Wildman–Crippen MR) is 184 cm³/mol. The van der Waals surface area contributed by atoms with E-state index in [1.54, 1.807) is 16.7 Å². The Morgan fingerprint density at radius 3 is 1.53 bits per heavy atom. The lowest BCUT2D eigenvalue weighted by atomic mass is 9.79. The Morgan fingerprint density at radius 1 is 0.702 bits per heavy atom. The molecule has 1 aromatic rings. The summed E-state index contributed by atoms with van der Waals surface area (Å²) in [5, 5.41) is 9.07. The molecule has 3 heterocycles. The van der Waals surface area contributed by atoms with E-state index in [1.807, 2.05) is 52.5 Å². The van der Waals surface area contributed by atoms with Crippen molar-refractivity contribution in [2.45, 2.75) is 98.8 Å². The number of carbonyl (C=O) groups excluding carboxylic acids is 3. The lowest BCUT2D eigenvalue weighted by molar-refractivity contribution is -0.150. The highest BCUT2D eigenvalue weighted by Crippen LogP contribution is 2.34. The second kappa shape index (κ2) is 15.6. The van der Waals surface area contributed by atoms with Gasteiger partial charge < -0.3 is 29.3 Å². The maximum Gasteiger partial charge on any atom is 0.410 e. The molecule has 0 radical (unpaired) electrons. The highest BCUT2D eigenvalue weighted by molar-refractivity contribution is 9.10. The lowest BCUT2D eigenvalue weighted by Gasteiger charge is -2.43. The number of nitrogens with zero attached hydrogens (tertiary/aromatic N) is 4. The number of benzene rings is 1. The van der Waals surface area contributed by atoms with E-state index in [4.69, 9.17) is 14.6 Å². The fourth-order valence-electron chi connectivity index (χ4n) is 5.80. The van der Waals surface area contributed by atoms with Crippen LogP contribution in [0.3, 0.4) is 0 Å². The van der Waals surface area contributed by atoms with Crippen LogP contribution in [0.25, 0.3) is 0 Å². The van der Waals surface area contributed by atoms with Gasteiger partial charge in [0.2, 0.25) is 5.91 Å². The van der Waals surface area contributed by atoms with Crippen molar-refractivity contribution in [3.8, 4) is 0 Å². The van der Waals surface area contributed by atoms with Crippen LogP contribution in [-0.4, -0.2) is 112 Å². The largest absolute Gasteiger partial charge is 0.481 e. The number of carboxylic acids is 1. The Kier molecular flexibility index (Phi) is 12.8. The summed E-state index contributed by atoms with van der Waals surface area (Å²) in [6.07, 6.45) is 1.68. The van der Waals surface area contributed by atoms with Gasteiger partial charge >= 0.3 is 18.2 Å². The first-order chi connectivity index (χ1) is 21.7. The van der Waals surface area contributed by atoms with Crippen molar-refractivity contribution in [3.05, 3.63) is 34.3 Å². The monoisotopic (exact) mass is 722 g/mol. The second-order valence-electron chi connectivity index (χ2n) is 15.5. The van der Waals surface area contributed by atoms with E-state index >= 15 is 0 Å². The third-order valence-electron chi connectivity index (χ3n) is 9.08. The number of halogens is 1. The van der Waals surface area contributed by atoms with Gasteiger partial charge in [-0.1, -0.05) is 41.1 Å². The van der Waals surface area contributed by atoms with E-state index in [1.165, 1.54) is 5.56 Å². The van der Waals surface area contributed by atoms with Crippen LogP contribution >= 0.6 is 15.9 Å². The number of hydrogen-bond acceptors (Lipinski definition) is 7. The van der Waals surface area contributed by atoms with Crippen molar-refractivity contribution >= 4 is 40.0 Å². The Labute approximate surface area is 289 Å². The van der Waals surface area contributed by atoms with Crippen molar-refractivity contribution in [2.75, 3.05) is 52.4 Å². The van der Waals surface area contributed by atoms with E-state index in [0.29, 0.717) is 51.9 Å². The number of carboxylic acid groups (broad SMARTS) is 1. The summed E-state index contributed by atoms with van der Waals surface area (Å²) >= 11 is 3.62. The lowest BCUT2D eigenvalue weighted by Crippen LogP contribution is -2.55. The van der Waals surface area contributed by atoms with Crippen LogP contribution in [0, 0.1) is 10.8 Å². The van der Waals surface area contributed by atoms with Gasteiger partial charge in [0.25, 0.3) is 0 Å². The number of piperidine rings is 2. The first kappa shape index (κ1) is 38.6. The molecule has 3 amide bonds. The number of piperazine rings is 1. The standard InChI is InChI=1S/C23H34BrN3O3.C12H21NO4/c1-22(2,3)30-21(29)27-11-9-23(4,10-12-27)20(28)26-15-13-25(14-16-26)17-18-7-5-6-8-19(18)24;1-11(2,3)17-10(16)13-7-5-12(4,6-8-13)9(14)15/h5-8H,9-17H2,1-4H3;5-8H2,1-4H3,(H,14,15). The maximum atomic E-state index is 13.3. The molecule has 3 aliphatic rings. The number of carbonyl (C=O) groups is 4. The molecule has 0 saturated carbocycles. The molecule has 0 aliphatic carbocycles. The Balaban J connectivity index is 0.000000300. The third kappa shape index (κ3) is 11.4. The van der Waals surface area contributed by atoms with Crippen LogP contribution in [0.1, 0.15) is 86.6 Å². The van der Waals surface area contributed by atoms with Gasteiger partial charge in [-0.25, -0.2) is 9.59 Å². The number of ether oxygens (including phenoxy) is 2. The van der Waals surface area contributed by atoms with Crippen molar-refractivity contribution < 1.29 is 33.8 Å². The summed E-state index contributed by atoms with van der Waals surface area (Å²) in [6.45, 7) is 21.0. The Bertz CT molecular complexity index is 1250. The van der Waals surface area contributed by atoms with Crippen LogP contribution in [0.5, 0.6) is 0 Å². The molecule has 3 fully saturated rings. The molecular weight excluding hydrogens is 668 g/mol. The summed E-state index contributed by atoms with van der Waals surface area (Å²) in [5.74, 6) is -0.562. The number of amides is 3. The normalized spacial score (nSPS) is 20.1. The van der Waals surface area contributed by atoms with E-state index in [9.17, 15) is 19.2 Å². The van der Waals surface area contributed by atoms with Gasteiger partial charge in [-0.05, 0) is 85.8 Å². The number of hydrogen-bond donors (Lipinski definition) is 1. The van der Waals surface area contributed by atoms with Crippen molar-refractivity contribution in [1.29, 1.82) is 0 Å². The predicted octanol–water partition coefficient (Wildman–Crippen LogP) is 6.24. The molecule has 12 heteroatoms. The molecule has 0 aromatic heterocycles. The molecule has 264 valence electrons. The average Bonchev–Trinajstić information content (AvgIpc) is 2.97. The minimum absolute atomic E-state index is 0.229.